The molecule has 1 heterocycles. The lowest BCUT2D eigenvalue weighted by Crippen LogP contribution is -2.37. The van der Waals surface area contributed by atoms with Crippen LogP contribution < -0.4 is 0 Å². The van der Waals surface area contributed by atoms with E-state index in [4.69, 9.17) is 0 Å². The Kier molecular flexibility index (Phi) is 1.34. The van der Waals surface area contributed by atoms with Gasteiger partial charge in [0.25, 0.3) is 0 Å². The quantitative estimate of drug-likeness (QED) is 0.419. The van der Waals surface area contributed by atoms with Crippen LogP contribution in [-0.4, -0.2) is 15.7 Å². The molecule has 0 radical (unpaired) electrons. The zero-order valence-corrected chi connectivity index (χ0v) is 5.97. The normalized spacial score (nSPS) is 36.0. The maximum Gasteiger partial charge on any atom is 0.0204 e. The molecule has 0 saturated carbocycles. The van der Waals surface area contributed by atoms with Crippen LogP contribution in [0.15, 0.2) is 0 Å². The number of rotatable bonds is 0. The molecule has 0 bridgehead atoms. The van der Waals surface area contributed by atoms with Gasteiger partial charge in [-0.2, -0.15) is 0 Å². The smallest absolute Gasteiger partial charge is 0.0204 e. The van der Waals surface area contributed by atoms with Crippen LogP contribution in [0.4, 0.5) is 0 Å². The van der Waals surface area contributed by atoms with E-state index >= 15 is 0 Å². The van der Waals surface area contributed by atoms with Crippen LogP contribution in [0, 0.1) is 0 Å². The molecule has 0 aliphatic carbocycles. The second-order valence-electron chi connectivity index (χ2n) is 1.76. The minimum atomic E-state index is 0.852. The predicted molar refractivity (Wildman–Crippen MR) is 34.8 cm³/mol. The standard InChI is InChI=1S/C4H8IN/c1-4-2-3-6(4)5/h4H,2-3H2,1H3. The molecule has 1 nitrogen and oxygen atoms in total. The van der Waals surface area contributed by atoms with Crippen molar-refractivity contribution in [2.45, 2.75) is 19.4 Å². The molecule has 6 heavy (non-hydrogen) atoms. The molecule has 1 unspecified atom stereocenters. The summed E-state index contributed by atoms with van der Waals surface area (Å²) < 4.78 is 2.32. The van der Waals surface area contributed by atoms with Crippen LogP contribution in [0.5, 0.6) is 0 Å². The van der Waals surface area contributed by atoms with E-state index in [1.54, 1.807) is 0 Å². The summed E-state index contributed by atoms with van der Waals surface area (Å²) in [5.41, 5.74) is 0. The molecule has 0 aromatic rings. The minimum absolute atomic E-state index is 0.852. The summed E-state index contributed by atoms with van der Waals surface area (Å²) in [6.07, 6.45) is 1.39. The van der Waals surface area contributed by atoms with Crippen molar-refractivity contribution in [3.63, 3.8) is 0 Å². The maximum atomic E-state index is 2.35. The minimum Gasteiger partial charge on any atom is -0.245 e. The number of halogens is 1. The van der Waals surface area contributed by atoms with Crippen molar-refractivity contribution < 1.29 is 0 Å². The molecule has 0 spiro atoms. The average Bonchev–Trinajstić information content (AvgIpc) is 1.61. The van der Waals surface area contributed by atoms with Gasteiger partial charge in [0, 0.05) is 35.5 Å². The lowest BCUT2D eigenvalue weighted by molar-refractivity contribution is 0.268. The van der Waals surface area contributed by atoms with Crippen LogP contribution in [-0.2, 0) is 0 Å². The van der Waals surface area contributed by atoms with E-state index < -0.39 is 0 Å². The zero-order valence-electron chi connectivity index (χ0n) is 3.82. The molecule has 1 aliphatic heterocycles. The van der Waals surface area contributed by atoms with Crippen molar-refractivity contribution in [2.24, 2.45) is 0 Å². The summed E-state index contributed by atoms with van der Waals surface area (Å²) in [4.78, 5) is 0. The van der Waals surface area contributed by atoms with Crippen molar-refractivity contribution in [1.82, 2.24) is 3.11 Å². The third kappa shape index (κ3) is 0.680. The van der Waals surface area contributed by atoms with E-state index in [9.17, 15) is 0 Å². The molecule has 0 N–H and O–H groups in total. The van der Waals surface area contributed by atoms with Gasteiger partial charge in [-0.05, 0) is 13.3 Å². The predicted octanol–water partition coefficient (Wildman–Crippen LogP) is 1.43. The van der Waals surface area contributed by atoms with E-state index in [0.717, 1.165) is 6.04 Å². The highest BCUT2D eigenvalue weighted by Gasteiger charge is 2.19. The van der Waals surface area contributed by atoms with Crippen LogP contribution in [0.1, 0.15) is 13.3 Å². The fourth-order valence-corrected chi connectivity index (χ4v) is 1.04. The van der Waals surface area contributed by atoms with Gasteiger partial charge in [0.15, 0.2) is 0 Å². The first-order chi connectivity index (χ1) is 2.80. The number of hydrogen-bond donors (Lipinski definition) is 0. The Morgan fingerprint density at radius 1 is 1.83 bits per heavy atom. The summed E-state index contributed by atoms with van der Waals surface area (Å²) in [5.74, 6) is 0. The Morgan fingerprint density at radius 2 is 2.33 bits per heavy atom. The first kappa shape index (κ1) is 4.84. The fourth-order valence-electron chi connectivity index (χ4n) is 0.485. The largest absolute Gasteiger partial charge is 0.245 e. The molecule has 1 aliphatic rings. The summed E-state index contributed by atoms with van der Waals surface area (Å²) in [6, 6.07) is 0.852. The van der Waals surface area contributed by atoms with E-state index in [1.165, 1.54) is 13.0 Å². The lowest BCUT2D eigenvalue weighted by Gasteiger charge is -2.32. The molecule has 1 saturated heterocycles. The highest BCUT2D eigenvalue weighted by Crippen LogP contribution is 2.19. The van der Waals surface area contributed by atoms with Crippen LogP contribution in [0.25, 0.3) is 0 Å². The van der Waals surface area contributed by atoms with Gasteiger partial charge in [-0.15, -0.1) is 0 Å². The number of hydrogen-bond acceptors (Lipinski definition) is 1. The Balaban J connectivity index is 2.20. The lowest BCUT2D eigenvalue weighted by atomic mass is 10.1. The van der Waals surface area contributed by atoms with Crippen molar-refractivity contribution in [2.75, 3.05) is 6.54 Å². The SMILES string of the molecule is CC1CCN1I. The second-order valence-corrected chi connectivity index (χ2v) is 3.00. The van der Waals surface area contributed by atoms with Gasteiger partial charge in [-0.3, -0.25) is 0 Å². The molecular formula is C4H8IN. The second kappa shape index (κ2) is 1.66. The van der Waals surface area contributed by atoms with Crippen LogP contribution in [0.3, 0.4) is 0 Å². The van der Waals surface area contributed by atoms with Gasteiger partial charge in [0.1, 0.15) is 0 Å². The number of nitrogens with zero attached hydrogens (tertiary/aromatic N) is 1. The molecule has 2 heteroatoms. The Bertz CT molecular complexity index is 47.5. The van der Waals surface area contributed by atoms with Gasteiger partial charge >= 0.3 is 0 Å². The highest BCUT2D eigenvalue weighted by molar-refractivity contribution is 14.1. The Hall–Kier alpha value is 0.690. The van der Waals surface area contributed by atoms with Crippen LogP contribution >= 0.6 is 22.9 Å². The summed E-state index contributed by atoms with van der Waals surface area (Å²) in [7, 11) is 0. The van der Waals surface area contributed by atoms with Crippen molar-refractivity contribution >= 4 is 22.9 Å². The van der Waals surface area contributed by atoms with E-state index in [0.29, 0.717) is 0 Å². The molecule has 0 aromatic carbocycles. The molecule has 0 amide bonds. The van der Waals surface area contributed by atoms with E-state index in [2.05, 4.69) is 32.9 Å². The molecular weight excluding hydrogens is 189 g/mol. The zero-order chi connectivity index (χ0) is 4.57. The molecule has 1 fully saturated rings. The Labute approximate surface area is 52.2 Å². The van der Waals surface area contributed by atoms with Crippen molar-refractivity contribution in [1.29, 1.82) is 0 Å². The van der Waals surface area contributed by atoms with Gasteiger partial charge in [0.05, 0.1) is 0 Å². The molecule has 1 atom stereocenters. The fraction of sp³-hybridized carbons (Fsp3) is 1.00. The summed E-state index contributed by atoms with van der Waals surface area (Å²) in [6.45, 7) is 3.54. The van der Waals surface area contributed by atoms with Gasteiger partial charge in [-0.1, -0.05) is 0 Å². The van der Waals surface area contributed by atoms with Gasteiger partial charge < -0.3 is 0 Å². The third-order valence-electron chi connectivity index (χ3n) is 1.24. The van der Waals surface area contributed by atoms with Gasteiger partial charge in [-0.25, -0.2) is 3.11 Å². The highest BCUT2D eigenvalue weighted by atomic mass is 127. The Morgan fingerprint density at radius 3 is 2.33 bits per heavy atom. The van der Waals surface area contributed by atoms with Crippen molar-refractivity contribution in [3.8, 4) is 0 Å². The van der Waals surface area contributed by atoms with Crippen molar-refractivity contribution in [3.05, 3.63) is 0 Å². The average molecular weight is 197 g/mol. The topological polar surface area (TPSA) is 3.24 Å². The maximum absolute atomic E-state index is 2.35. The molecule has 36 valence electrons. The first-order valence-corrected chi connectivity index (χ1v) is 3.19. The van der Waals surface area contributed by atoms with E-state index in [-0.39, 0.29) is 0 Å². The summed E-state index contributed by atoms with van der Waals surface area (Å²) in [5, 5.41) is 0. The summed E-state index contributed by atoms with van der Waals surface area (Å²) >= 11 is 2.35. The molecule has 0 aromatic heterocycles. The molecule has 1 rings (SSSR count). The third-order valence-corrected chi connectivity index (χ3v) is 2.67. The first-order valence-electron chi connectivity index (χ1n) is 2.23. The monoisotopic (exact) mass is 197 g/mol. The van der Waals surface area contributed by atoms with E-state index in [1.807, 2.05) is 0 Å². The van der Waals surface area contributed by atoms with Gasteiger partial charge in [0.2, 0.25) is 0 Å². The van der Waals surface area contributed by atoms with Crippen LogP contribution in [0.2, 0.25) is 0 Å².